The van der Waals surface area contributed by atoms with Crippen molar-refractivity contribution in [2.75, 3.05) is 25.5 Å². The van der Waals surface area contributed by atoms with E-state index in [-0.39, 0.29) is 11.9 Å². The van der Waals surface area contributed by atoms with Crippen LogP contribution >= 0.6 is 0 Å². The molecular weight excluding hydrogens is 386 g/mol. The molecule has 1 aliphatic heterocycles. The predicted molar refractivity (Wildman–Crippen MR) is 126 cm³/mol. The van der Waals surface area contributed by atoms with E-state index >= 15 is 0 Å². The summed E-state index contributed by atoms with van der Waals surface area (Å²) in [6.45, 7) is 3.00. The molecule has 31 heavy (non-hydrogen) atoms. The molecule has 2 heterocycles. The van der Waals surface area contributed by atoms with Gasteiger partial charge in [0.05, 0.1) is 0 Å². The Morgan fingerprint density at radius 2 is 1.87 bits per heavy atom. The molecule has 0 radical (unpaired) electrons. The van der Waals surface area contributed by atoms with Crippen molar-refractivity contribution in [2.24, 2.45) is 0 Å². The Morgan fingerprint density at radius 3 is 2.61 bits per heavy atom. The van der Waals surface area contributed by atoms with Crippen molar-refractivity contribution in [1.29, 1.82) is 0 Å². The second-order valence-corrected chi connectivity index (χ2v) is 8.73. The van der Waals surface area contributed by atoms with Gasteiger partial charge >= 0.3 is 0 Å². The van der Waals surface area contributed by atoms with Gasteiger partial charge in [-0.2, -0.15) is 0 Å². The third-order valence-corrected chi connectivity index (χ3v) is 6.22. The van der Waals surface area contributed by atoms with E-state index in [1.165, 1.54) is 18.5 Å². The summed E-state index contributed by atoms with van der Waals surface area (Å²) in [5.41, 5.74) is 5.08. The van der Waals surface area contributed by atoms with Gasteiger partial charge in [0, 0.05) is 32.7 Å². The summed E-state index contributed by atoms with van der Waals surface area (Å²) >= 11 is 0. The van der Waals surface area contributed by atoms with Crippen molar-refractivity contribution < 1.29 is 9.21 Å². The van der Waals surface area contributed by atoms with Crippen LogP contribution in [0, 0.1) is 0 Å². The van der Waals surface area contributed by atoms with Crippen LogP contribution in [0.1, 0.15) is 63.8 Å². The maximum atomic E-state index is 12.8. The molecule has 5 heteroatoms. The number of fused-ring (bicyclic) bond motifs is 1. The lowest BCUT2D eigenvalue weighted by atomic mass is 10.0. The van der Waals surface area contributed by atoms with Crippen molar-refractivity contribution in [3.63, 3.8) is 0 Å². The van der Waals surface area contributed by atoms with Gasteiger partial charge in [0.25, 0.3) is 0 Å². The Hall–Kier alpha value is -2.82. The minimum atomic E-state index is -0.0334. The summed E-state index contributed by atoms with van der Waals surface area (Å²) in [6, 6.07) is 14.6. The third kappa shape index (κ3) is 4.76. The van der Waals surface area contributed by atoms with Gasteiger partial charge < -0.3 is 14.2 Å². The number of likely N-dealkylation sites (tertiary alicyclic amines) is 1. The minimum absolute atomic E-state index is 0.0334. The number of carbonyl (C=O) groups excluding carboxylic acids is 1. The molecule has 0 aliphatic carbocycles. The van der Waals surface area contributed by atoms with Gasteiger partial charge in [-0.05, 0) is 54.7 Å². The fourth-order valence-electron chi connectivity index (χ4n) is 4.39. The van der Waals surface area contributed by atoms with Gasteiger partial charge in [-0.3, -0.25) is 4.79 Å². The number of aromatic nitrogens is 1. The number of nitrogens with zero attached hydrogens (tertiary/aromatic N) is 3. The Bertz CT molecular complexity index is 1020. The summed E-state index contributed by atoms with van der Waals surface area (Å²) in [5.74, 6) is 0.914. The van der Waals surface area contributed by atoms with E-state index in [1.807, 2.05) is 25.1 Å². The first-order valence-electron chi connectivity index (χ1n) is 11.5. The molecule has 4 rings (SSSR count). The smallest absolute Gasteiger partial charge is 0.223 e. The monoisotopic (exact) mass is 419 g/mol. The predicted octanol–water partition coefficient (Wildman–Crippen LogP) is 6.19. The van der Waals surface area contributed by atoms with Crippen LogP contribution in [0.15, 0.2) is 46.9 Å². The molecular formula is C26H33N3O2. The topological polar surface area (TPSA) is 49.6 Å². The van der Waals surface area contributed by atoms with E-state index in [0.717, 1.165) is 54.5 Å². The van der Waals surface area contributed by atoms with Crippen LogP contribution < -0.4 is 4.90 Å². The molecule has 1 amide bonds. The van der Waals surface area contributed by atoms with Gasteiger partial charge in [-0.15, -0.1) is 0 Å². The molecule has 1 atom stereocenters. The summed E-state index contributed by atoms with van der Waals surface area (Å²) in [5, 5.41) is 0. The number of oxazole rings is 1. The first kappa shape index (κ1) is 21.4. The SMILES string of the molecule is CCCCCCC(=O)N1CCCC1c1nc2cc(-c3ccc(N(C)C)cc3)ccc2o1. The third-order valence-electron chi connectivity index (χ3n) is 6.22. The highest BCUT2D eigenvalue weighted by molar-refractivity contribution is 5.81. The van der Waals surface area contributed by atoms with Gasteiger partial charge in [0.15, 0.2) is 5.58 Å². The number of amides is 1. The number of rotatable bonds is 8. The van der Waals surface area contributed by atoms with Crippen molar-refractivity contribution >= 4 is 22.7 Å². The minimum Gasteiger partial charge on any atom is -0.438 e. The highest BCUT2D eigenvalue weighted by Crippen LogP contribution is 2.35. The molecule has 0 saturated carbocycles. The maximum absolute atomic E-state index is 12.8. The van der Waals surface area contributed by atoms with E-state index in [4.69, 9.17) is 9.40 Å². The summed E-state index contributed by atoms with van der Waals surface area (Å²) < 4.78 is 6.11. The Labute approximate surface area is 185 Å². The van der Waals surface area contributed by atoms with Crippen LogP contribution in [0.3, 0.4) is 0 Å². The van der Waals surface area contributed by atoms with E-state index in [2.05, 4.69) is 48.2 Å². The number of benzene rings is 2. The van der Waals surface area contributed by atoms with E-state index in [0.29, 0.717) is 12.3 Å². The van der Waals surface area contributed by atoms with Crippen LogP contribution in [0.4, 0.5) is 5.69 Å². The van der Waals surface area contributed by atoms with Crippen LogP contribution in [0.2, 0.25) is 0 Å². The second kappa shape index (κ2) is 9.54. The molecule has 1 saturated heterocycles. The van der Waals surface area contributed by atoms with Crippen molar-refractivity contribution in [3.8, 4) is 11.1 Å². The lowest BCUT2D eigenvalue weighted by molar-refractivity contribution is -0.132. The zero-order valence-corrected chi connectivity index (χ0v) is 18.9. The first-order valence-corrected chi connectivity index (χ1v) is 11.5. The number of hydrogen-bond acceptors (Lipinski definition) is 4. The van der Waals surface area contributed by atoms with Crippen molar-refractivity contribution in [2.45, 2.75) is 57.9 Å². The molecule has 5 nitrogen and oxygen atoms in total. The Morgan fingerprint density at radius 1 is 1.10 bits per heavy atom. The van der Waals surface area contributed by atoms with E-state index in [9.17, 15) is 4.79 Å². The zero-order chi connectivity index (χ0) is 21.8. The number of unbranched alkanes of at least 4 members (excludes halogenated alkanes) is 3. The summed E-state index contributed by atoms with van der Waals surface area (Å²) in [7, 11) is 4.08. The molecule has 164 valence electrons. The van der Waals surface area contributed by atoms with E-state index in [1.54, 1.807) is 0 Å². The van der Waals surface area contributed by atoms with Crippen LogP contribution in [-0.2, 0) is 4.79 Å². The molecule has 0 N–H and O–H groups in total. The second-order valence-electron chi connectivity index (χ2n) is 8.73. The van der Waals surface area contributed by atoms with Crippen molar-refractivity contribution in [3.05, 3.63) is 48.4 Å². The Balaban J connectivity index is 1.51. The highest BCUT2D eigenvalue weighted by atomic mass is 16.3. The average molecular weight is 420 g/mol. The van der Waals surface area contributed by atoms with Crippen LogP contribution in [-0.4, -0.2) is 36.4 Å². The van der Waals surface area contributed by atoms with Crippen LogP contribution in [0.5, 0.6) is 0 Å². The molecule has 0 spiro atoms. The fraction of sp³-hybridized carbons (Fsp3) is 0.462. The van der Waals surface area contributed by atoms with Crippen molar-refractivity contribution in [1.82, 2.24) is 9.88 Å². The standard InChI is InChI=1S/C26H33N3O2/c1-4-5-6-7-10-25(30)29-17-8-9-23(29)26-27-22-18-20(13-16-24(22)31-26)19-11-14-21(15-12-19)28(2)3/h11-16,18,23H,4-10,17H2,1-3H3. The number of hydrogen-bond donors (Lipinski definition) is 0. The maximum Gasteiger partial charge on any atom is 0.223 e. The molecule has 2 aromatic carbocycles. The summed E-state index contributed by atoms with van der Waals surface area (Å²) in [4.78, 5) is 21.7. The Kier molecular flexibility index (Phi) is 6.59. The zero-order valence-electron chi connectivity index (χ0n) is 18.9. The quantitative estimate of drug-likeness (QED) is 0.408. The number of anilines is 1. The largest absolute Gasteiger partial charge is 0.438 e. The highest BCUT2D eigenvalue weighted by Gasteiger charge is 2.33. The normalized spacial score (nSPS) is 16.2. The average Bonchev–Trinajstić information content (AvgIpc) is 3.43. The van der Waals surface area contributed by atoms with Crippen LogP contribution in [0.25, 0.3) is 22.2 Å². The molecule has 3 aromatic rings. The van der Waals surface area contributed by atoms with Gasteiger partial charge in [-0.1, -0.05) is 44.4 Å². The molecule has 1 aliphatic rings. The molecule has 1 aromatic heterocycles. The number of carbonyl (C=O) groups is 1. The first-order chi connectivity index (χ1) is 15.1. The van der Waals surface area contributed by atoms with E-state index < -0.39 is 0 Å². The van der Waals surface area contributed by atoms with Gasteiger partial charge in [-0.25, -0.2) is 4.98 Å². The lowest BCUT2D eigenvalue weighted by Crippen LogP contribution is -2.30. The lowest BCUT2D eigenvalue weighted by Gasteiger charge is -2.22. The molecule has 1 unspecified atom stereocenters. The fourth-order valence-corrected chi connectivity index (χ4v) is 4.39. The summed E-state index contributed by atoms with van der Waals surface area (Å²) in [6.07, 6.45) is 7.04. The van der Waals surface area contributed by atoms with Gasteiger partial charge in [0.1, 0.15) is 11.6 Å². The molecule has 1 fully saturated rings. The molecule has 0 bridgehead atoms. The van der Waals surface area contributed by atoms with Gasteiger partial charge in [0.2, 0.25) is 11.8 Å².